The van der Waals surface area contributed by atoms with Crippen molar-refractivity contribution >= 4 is 23.5 Å². The predicted molar refractivity (Wildman–Crippen MR) is 129 cm³/mol. The molecule has 0 aliphatic carbocycles. The number of nitrogens with zero attached hydrogens (tertiary/aromatic N) is 2. The second-order valence-electron chi connectivity index (χ2n) is 8.64. The third kappa shape index (κ3) is 5.23. The Balaban J connectivity index is 1.43. The summed E-state index contributed by atoms with van der Waals surface area (Å²) in [6.45, 7) is 1.81. The number of carboxylic acids is 1. The average molecular weight is 517 g/mol. The van der Waals surface area contributed by atoms with Crippen LogP contribution in [0.4, 0.5) is 19.0 Å². The number of fused-ring (bicyclic) bond motifs is 1. The Morgan fingerprint density at radius 3 is 2.58 bits per heavy atom. The topological polar surface area (TPSA) is 71.9 Å². The minimum atomic E-state index is -4.55. The zero-order valence-electron chi connectivity index (χ0n) is 19.1. The number of rotatable bonds is 5. The highest BCUT2D eigenvalue weighted by Gasteiger charge is 2.34. The maximum absolute atomic E-state index is 14.1. The summed E-state index contributed by atoms with van der Waals surface area (Å²) < 4.78 is 53.3. The lowest BCUT2D eigenvalue weighted by atomic mass is 9.98. The monoisotopic (exact) mass is 516 g/mol. The van der Waals surface area contributed by atoms with Crippen LogP contribution >= 0.6 is 11.8 Å². The second-order valence-corrected chi connectivity index (χ2v) is 9.76. The maximum Gasteiger partial charge on any atom is 0.417 e. The molecule has 2 aliphatic rings. The summed E-state index contributed by atoms with van der Waals surface area (Å²) in [6, 6.07) is 12.8. The normalized spacial score (nSPS) is 17.6. The highest BCUT2D eigenvalue weighted by atomic mass is 32.2. The molecule has 1 atom stereocenters. The molecule has 1 fully saturated rings. The number of carboxylic acid groups (broad SMARTS) is 1. The highest BCUT2D eigenvalue weighted by Crippen LogP contribution is 2.43. The first-order valence-electron chi connectivity index (χ1n) is 11.5. The van der Waals surface area contributed by atoms with Crippen LogP contribution in [0.1, 0.15) is 18.4 Å². The molecule has 2 aromatic carbocycles. The molecule has 0 spiro atoms. The number of ether oxygens (including phenoxy) is 2. The van der Waals surface area contributed by atoms with Gasteiger partial charge in [-0.2, -0.15) is 13.2 Å². The molecule has 1 aromatic heterocycles. The van der Waals surface area contributed by atoms with Gasteiger partial charge in [0.1, 0.15) is 19.0 Å². The van der Waals surface area contributed by atoms with Gasteiger partial charge >= 0.3 is 12.1 Å². The van der Waals surface area contributed by atoms with E-state index in [1.807, 2.05) is 4.90 Å². The van der Waals surface area contributed by atoms with E-state index in [-0.39, 0.29) is 4.90 Å². The number of hydrogen-bond donors (Lipinski definition) is 1. The Hall–Kier alpha value is -3.40. The van der Waals surface area contributed by atoms with Crippen molar-refractivity contribution in [3.05, 3.63) is 60.3 Å². The number of piperidine rings is 1. The summed E-state index contributed by atoms with van der Waals surface area (Å²) >= 11 is 1.01. The summed E-state index contributed by atoms with van der Waals surface area (Å²) in [5.41, 5.74) is 0.255. The van der Waals surface area contributed by atoms with Gasteiger partial charge < -0.3 is 19.5 Å². The van der Waals surface area contributed by atoms with Crippen molar-refractivity contribution in [1.82, 2.24) is 4.98 Å². The number of carbonyl (C=O) groups is 1. The SMILES string of the molecule is O=C(O)[C@H]1CCCN(c2cc(-c3ccc(Sc4ccc5c(c4)OCCO5)c(C(F)(F)F)c3)ccn2)C1. The van der Waals surface area contributed by atoms with Crippen molar-refractivity contribution in [3.63, 3.8) is 0 Å². The number of pyridine rings is 1. The van der Waals surface area contributed by atoms with Crippen molar-refractivity contribution in [2.24, 2.45) is 5.92 Å². The molecular formula is C26H23F3N2O4S. The van der Waals surface area contributed by atoms with E-state index in [1.54, 1.807) is 42.6 Å². The van der Waals surface area contributed by atoms with Gasteiger partial charge in [0.2, 0.25) is 0 Å². The molecular weight excluding hydrogens is 493 g/mol. The smallest absolute Gasteiger partial charge is 0.417 e. The average Bonchev–Trinajstić information content (AvgIpc) is 2.88. The minimum Gasteiger partial charge on any atom is -0.486 e. The largest absolute Gasteiger partial charge is 0.486 e. The quantitative estimate of drug-likeness (QED) is 0.447. The molecule has 3 aromatic rings. The Morgan fingerprint density at radius 2 is 1.81 bits per heavy atom. The van der Waals surface area contributed by atoms with Gasteiger partial charge in [0.05, 0.1) is 11.5 Å². The van der Waals surface area contributed by atoms with Crippen molar-refractivity contribution in [1.29, 1.82) is 0 Å². The molecule has 5 rings (SSSR count). The molecule has 0 bridgehead atoms. The van der Waals surface area contributed by atoms with Crippen LogP contribution in [0.5, 0.6) is 11.5 Å². The van der Waals surface area contributed by atoms with E-state index in [4.69, 9.17) is 9.47 Å². The Kier molecular flexibility index (Phi) is 6.70. The van der Waals surface area contributed by atoms with Gasteiger partial charge in [0.25, 0.3) is 0 Å². The number of aliphatic carboxylic acids is 1. The van der Waals surface area contributed by atoms with Crippen molar-refractivity contribution in [2.45, 2.75) is 28.8 Å². The number of halogens is 3. The summed E-state index contributed by atoms with van der Waals surface area (Å²) in [7, 11) is 0. The number of alkyl halides is 3. The first kappa shape index (κ1) is 24.3. The zero-order chi connectivity index (χ0) is 25.3. The number of anilines is 1. The molecule has 3 heterocycles. The van der Waals surface area contributed by atoms with Crippen LogP contribution < -0.4 is 14.4 Å². The van der Waals surface area contributed by atoms with Crippen molar-refractivity contribution in [2.75, 3.05) is 31.2 Å². The molecule has 0 amide bonds. The summed E-state index contributed by atoms with van der Waals surface area (Å²) in [5, 5.41) is 9.36. The molecule has 0 radical (unpaired) electrons. The fourth-order valence-corrected chi connectivity index (χ4v) is 5.37. The van der Waals surface area contributed by atoms with Crippen molar-refractivity contribution in [3.8, 4) is 22.6 Å². The van der Waals surface area contributed by atoms with E-state index in [0.29, 0.717) is 72.5 Å². The minimum absolute atomic E-state index is 0.0811. The molecule has 10 heteroatoms. The van der Waals surface area contributed by atoms with Crippen LogP contribution in [0.25, 0.3) is 11.1 Å². The second kappa shape index (κ2) is 9.93. The maximum atomic E-state index is 14.1. The molecule has 2 aliphatic heterocycles. The fourth-order valence-electron chi connectivity index (χ4n) is 4.39. The molecule has 1 N–H and O–H groups in total. The van der Waals surface area contributed by atoms with Gasteiger partial charge in [-0.05, 0) is 66.4 Å². The number of aromatic nitrogens is 1. The van der Waals surface area contributed by atoms with E-state index in [1.165, 1.54) is 6.07 Å². The van der Waals surface area contributed by atoms with Gasteiger partial charge in [-0.15, -0.1) is 0 Å². The van der Waals surface area contributed by atoms with Gasteiger partial charge in [0, 0.05) is 29.1 Å². The molecule has 0 unspecified atom stereocenters. The molecule has 188 valence electrons. The predicted octanol–water partition coefficient (Wildman–Crippen LogP) is 5.99. The van der Waals surface area contributed by atoms with Crippen LogP contribution in [0, 0.1) is 5.92 Å². The van der Waals surface area contributed by atoms with E-state index < -0.39 is 23.6 Å². The molecule has 6 nitrogen and oxygen atoms in total. The van der Waals surface area contributed by atoms with E-state index in [2.05, 4.69) is 4.98 Å². The Morgan fingerprint density at radius 1 is 1.03 bits per heavy atom. The summed E-state index contributed by atoms with van der Waals surface area (Å²) in [5.74, 6) is 0.314. The van der Waals surface area contributed by atoms with E-state index >= 15 is 0 Å². The Labute approximate surface area is 210 Å². The standard InChI is InChI=1S/C26H23F3N2O4S/c27-26(28,29)20-12-16(3-6-23(20)36-19-4-5-21-22(14-19)35-11-10-34-21)17-7-8-30-24(13-17)31-9-1-2-18(15-31)25(32)33/h3-8,12-14,18H,1-2,9-11,15H2,(H,32,33)/t18-/m0/s1. The molecule has 0 saturated carbocycles. The van der Waals surface area contributed by atoms with Crippen LogP contribution in [0.2, 0.25) is 0 Å². The summed E-state index contributed by atoms with van der Waals surface area (Å²) in [4.78, 5) is 18.3. The Bertz CT molecular complexity index is 1280. The van der Waals surface area contributed by atoms with Crippen LogP contribution in [0.15, 0.2) is 64.5 Å². The van der Waals surface area contributed by atoms with E-state index in [9.17, 15) is 23.1 Å². The van der Waals surface area contributed by atoms with Gasteiger partial charge in [-0.25, -0.2) is 4.98 Å². The number of hydrogen-bond acceptors (Lipinski definition) is 6. The lowest BCUT2D eigenvalue weighted by molar-refractivity contribution is -0.142. The van der Waals surface area contributed by atoms with Gasteiger partial charge in [0.15, 0.2) is 11.5 Å². The van der Waals surface area contributed by atoms with Crippen LogP contribution in [-0.4, -0.2) is 42.4 Å². The third-order valence-electron chi connectivity index (χ3n) is 6.20. The number of benzene rings is 2. The fraction of sp³-hybridized carbons (Fsp3) is 0.308. The molecule has 1 saturated heterocycles. The third-order valence-corrected chi connectivity index (χ3v) is 7.27. The molecule has 36 heavy (non-hydrogen) atoms. The zero-order valence-corrected chi connectivity index (χ0v) is 19.9. The lowest BCUT2D eigenvalue weighted by Crippen LogP contribution is -2.39. The lowest BCUT2D eigenvalue weighted by Gasteiger charge is -2.31. The van der Waals surface area contributed by atoms with Gasteiger partial charge in [-0.3, -0.25) is 4.79 Å². The van der Waals surface area contributed by atoms with Crippen molar-refractivity contribution < 1.29 is 32.5 Å². The first-order chi connectivity index (χ1) is 17.3. The van der Waals surface area contributed by atoms with Crippen LogP contribution in [-0.2, 0) is 11.0 Å². The summed E-state index contributed by atoms with van der Waals surface area (Å²) in [6.07, 6.45) is -1.69. The highest BCUT2D eigenvalue weighted by molar-refractivity contribution is 7.99. The van der Waals surface area contributed by atoms with Crippen LogP contribution in [0.3, 0.4) is 0 Å². The first-order valence-corrected chi connectivity index (χ1v) is 12.3. The van der Waals surface area contributed by atoms with Gasteiger partial charge in [-0.1, -0.05) is 17.8 Å². The van der Waals surface area contributed by atoms with E-state index in [0.717, 1.165) is 17.8 Å².